The number of allylic oxidation sites excluding steroid dienone is 2. The molecule has 1 aliphatic heterocycles. The molecule has 5 nitrogen and oxygen atoms in total. The molecule has 4 rings (SSSR count). The third-order valence-corrected chi connectivity index (χ3v) is 7.37. The SMILES string of the molecule is CCN1C(=O)c2cccc3c(S(=O)(=O)OC(C4=CC(C)C(C)C=C4)C(F)(F)F)ccc1c23. The summed E-state index contributed by atoms with van der Waals surface area (Å²) in [5, 5.41) is 0.548. The lowest BCUT2D eigenvalue weighted by Crippen LogP contribution is -2.36. The molecule has 0 saturated carbocycles. The lowest BCUT2D eigenvalue weighted by molar-refractivity contribution is -0.181. The first-order valence-corrected chi connectivity index (χ1v) is 11.6. The Kier molecular flexibility index (Phi) is 5.45. The van der Waals surface area contributed by atoms with Crippen molar-refractivity contribution in [1.29, 1.82) is 0 Å². The predicted molar refractivity (Wildman–Crippen MR) is 115 cm³/mol. The van der Waals surface area contributed by atoms with Crippen LogP contribution in [0.15, 0.2) is 59.0 Å². The summed E-state index contributed by atoms with van der Waals surface area (Å²) in [6.07, 6.45) is -3.30. The summed E-state index contributed by atoms with van der Waals surface area (Å²) in [7, 11) is -4.82. The van der Waals surface area contributed by atoms with Crippen LogP contribution in [0.4, 0.5) is 18.9 Å². The first kappa shape index (κ1) is 22.5. The molecule has 3 unspecified atom stereocenters. The van der Waals surface area contributed by atoms with Crippen LogP contribution in [0.5, 0.6) is 0 Å². The molecule has 0 spiro atoms. The normalized spacial score (nSPS) is 21.9. The maximum absolute atomic E-state index is 13.9. The van der Waals surface area contributed by atoms with E-state index in [1.54, 1.807) is 26.0 Å². The molecule has 0 fully saturated rings. The van der Waals surface area contributed by atoms with E-state index in [1.165, 1.54) is 41.3 Å². The van der Waals surface area contributed by atoms with Crippen molar-refractivity contribution in [2.45, 2.75) is 37.9 Å². The third kappa shape index (κ3) is 3.63. The molecular formula is C23H22F3NO4S. The van der Waals surface area contributed by atoms with E-state index in [0.29, 0.717) is 23.2 Å². The summed E-state index contributed by atoms with van der Waals surface area (Å²) in [6.45, 7) is 5.78. The van der Waals surface area contributed by atoms with Crippen LogP contribution in [-0.4, -0.2) is 33.1 Å². The van der Waals surface area contributed by atoms with Crippen LogP contribution in [0.1, 0.15) is 31.1 Å². The van der Waals surface area contributed by atoms with Gasteiger partial charge in [-0.3, -0.25) is 4.79 Å². The highest BCUT2D eigenvalue weighted by molar-refractivity contribution is 7.87. The Hall–Kier alpha value is -2.65. The first-order chi connectivity index (χ1) is 15.0. The van der Waals surface area contributed by atoms with Crippen molar-refractivity contribution in [2.24, 2.45) is 11.8 Å². The number of halogens is 3. The van der Waals surface area contributed by atoms with Gasteiger partial charge in [0, 0.05) is 22.9 Å². The molecule has 0 N–H and O–H groups in total. The van der Waals surface area contributed by atoms with Gasteiger partial charge in [-0.1, -0.05) is 44.2 Å². The highest BCUT2D eigenvalue weighted by Crippen LogP contribution is 2.42. The monoisotopic (exact) mass is 465 g/mol. The summed E-state index contributed by atoms with van der Waals surface area (Å²) in [6, 6.07) is 7.18. The van der Waals surface area contributed by atoms with Gasteiger partial charge in [0.15, 0.2) is 6.10 Å². The average molecular weight is 465 g/mol. The molecule has 9 heteroatoms. The molecule has 3 atom stereocenters. The van der Waals surface area contributed by atoms with E-state index in [-0.39, 0.29) is 28.7 Å². The van der Waals surface area contributed by atoms with Crippen LogP contribution in [0.3, 0.4) is 0 Å². The minimum Gasteiger partial charge on any atom is -0.308 e. The summed E-state index contributed by atoms with van der Waals surface area (Å²) in [5.41, 5.74) is 0.588. The number of amides is 1. The van der Waals surface area contributed by atoms with Crippen molar-refractivity contribution in [3.63, 3.8) is 0 Å². The van der Waals surface area contributed by atoms with Crippen LogP contribution >= 0.6 is 0 Å². The molecule has 1 heterocycles. The smallest absolute Gasteiger partial charge is 0.308 e. The van der Waals surface area contributed by atoms with Gasteiger partial charge in [0.2, 0.25) is 0 Å². The fourth-order valence-electron chi connectivity index (χ4n) is 4.15. The Labute approximate surface area is 184 Å². The summed E-state index contributed by atoms with van der Waals surface area (Å²) >= 11 is 0. The molecule has 2 aromatic carbocycles. The van der Waals surface area contributed by atoms with E-state index in [2.05, 4.69) is 0 Å². The van der Waals surface area contributed by atoms with E-state index >= 15 is 0 Å². The molecule has 0 radical (unpaired) electrons. The summed E-state index contributed by atoms with van der Waals surface area (Å²) in [5.74, 6) is -0.453. The summed E-state index contributed by atoms with van der Waals surface area (Å²) in [4.78, 5) is 13.7. The second-order valence-corrected chi connectivity index (χ2v) is 9.62. The van der Waals surface area contributed by atoms with Gasteiger partial charge < -0.3 is 4.90 Å². The van der Waals surface area contributed by atoms with E-state index in [1.807, 2.05) is 6.92 Å². The van der Waals surface area contributed by atoms with Gasteiger partial charge in [0.25, 0.3) is 16.0 Å². The van der Waals surface area contributed by atoms with Crippen molar-refractivity contribution in [3.05, 3.63) is 59.7 Å². The van der Waals surface area contributed by atoms with E-state index in [4.69, 9.17) is 4.18 Å². The van der Waals surface area contributed by atoms with Crippen molar-refractivity contribution in [3.8, 4) is 0 Å². The lowest BCUT2D eigenvalue weighted by Gasteiger charge is -2.26. The molecule has 0 aromatic heterocycles. The minimum atomic E-state index is -4.94. The van der Waals surface area contributed by atoms with Gasteiger partial charge >= 0.3 is 6.18 Å². The Bertz CT molecular complexity index is 1260. The fraction of sp³-hybridized carbons (Fsp3) is 0.348. The van der Waals surface area contributed by atoms with E-state index in [0.717, 1.165) is 0 Å². The number of nitrogens with zero attached hydrogens (tertiary/aromatic N) is 1. The zero-order valence-corrected chi connectivity index (χ0v) is 18.5. The van der Waals surface area contributed by atoms with Crippen molar-refractivity contribution in [1.82, 2.24) is 0 Å². The highest BCUT2D eigenvalue weighted by Gasteiger charge is 2.47. The quantitative estimate of drug-likeness (QED) is 0.568. The van der Waals surface area contributed by atoms with Gasteiger partial charge in [-0.2, -0.15) is 21.6 Å². The molecule has 0 bridgehead atoms. The molecule has 170 valence electrons. The van der Waals surface area contributed by atoms with Gasteiger partial charge in [-0.15, -0.1) is 0 Å². The highest BCUT2D eigenvalue weighted by atomic mass is 32.2. The average Bonchev–Trinajstić information content (AvgIpc) is 3.00. The predicted octanol–water partition coefficient (Wildman–Crippen LogP) is 5.22. The maximum Gasteiger partial charge on any atom is 0.420 e. The van der Waals surface area contributed by atoms with Crippen LogP contribution < -0.4 is 4.90 Å². The van der Waals surface area contributed by atoms with Gasteiger partial charge in [-0.25, -0.2) is 4.18 Å². The second-order valence-electron chi connectivity index (χ2n) is 8.08. The Balaban J connectivity index is 1.81. The van der Waals surface area contributed by atoms with Crippen LogP contribution in [0.25, 0.3) is 10.8 Å². The first-order valence-electron chi connectivity index (χ1n) is 10.2. The second kappa shape index (κ2) is 7.74. The van der Waals surface area contributed by atoms with Crippen LogP contribution in [-0.2, 0) is 14.3 Å². The molecule has 2 aromatic rings. The summed E-state index contributed by atoms with van der Waals surface area (Å²) < 4.78 is 72.6. The Morgan fingerprint density at radius 1 is 1.12 bits per heavy atom. The number of carbonyl (C=O) groups is 1. The molecule has 1 aliphatic carbocycles. The largest absolute Gasteiger partial charge is 0.420 e. The van der Waals surface area contributed by atoms with Crippen molar-refractivity contribution >= 4 is 32.5 Å². The fourth-order valence-corrected chi connectivity index (χ4v) is 5.40. The number of carbonyl (C=O) groups excluding carboxylic acids is 1. The molecular weight excluding hydrogens is 443 g/mol. The number of benzene rings is 2. The standard InChI is InChI=1S/C23H22F3NO4S/c1-4-27-18-10-11-19(16-6-5-7-17(20(16)18)22(27)28)32(29,30)31-21(23(24,25)26)15-9-8-13(2)14(3)12-15/h5-14,21H,4H2,1-3H3. The van der Waals surface area contributed by atoms with E-state index < -0.39 is 27.3 Å². The van der Waals surface area contributed by atoms with E-state index in [9.17, 15) is 26.4 Å². The lowest BCUT2D eigenvalue weighted by atomic mass is 9.87. The Morgan fingerprint density at radius 2 is 1.84 bits per heavy atom. The van der Waals surface area contributed by atoms with Crippen molar-refractivity contribution < 1.29 is 30.6 Å². The van der Waals surface area contributed by atoms with Gasteiger partial charge in [0.05, 0.1) is 5.69 Å². The maximum atomic E-state index is 13.9. The molecule has 32 heavy (non-hydrogen) atoms. The molecule has 0 saturated heterocycles. The minimum absolute atomic E-state index is 0.0276. The number of alkyl halides is 3. The number of hydrogen-bond acceptors (Lipinski definition) is 4. The number of hydrogen-bond donors (Lipinski definition) is 0. The third-order valence-electron chi connectivity index (χ3n) is 6.03. The van der Waals surface area contributed by atoms with Crippen molar-refractivity contribution in [2.75, 3.05) is 11.4 Å². The zero-order valence-electron chi connectivity index (χ0n) is 17.7. The van der Waals surface area contributed by atoms with Crippen LogP contribution in [0, 0.1) is 11.8 Å². The van der Waals surface area contributed by atoms with Crippen LogP contribution in [0.2, 0.25) is 0 Å². The van der Waals surface area contributed by atoms with Gasteiger partial charge in [0.1, 0.15) is 4.90 Å². The number of rotatable bonds is 5. The number of anilines is 1. The molecule has 2 aliphatic rings. The van der Waals surface area contributed by atoms with Gasteiger partial charge in [-0.05, 0) is 42.5 Å². The zero-order chi connectivity index (χ0) is 23.4. The Morgan fingerprint density at radius 3 is 2.47 bits per heavy atom. The molecule has 1 amide bonds. The topological polar surface area (TPSA) is 63.7 Å².